The van der Waals surface area contributed by atoms with E-state index in [9.17, 15) is 14.7 Å². The van der Waals surface area contributed by atoms with Crippen molar-refractivity contribution in [2.45, 2.75) is 26.7 Å². The number of hydrogen-bond acceptors (Lipinski definition) is 2. The molecule has 0 aromatic heterocycles. The lowest BCUT2D eigenvalue weighted by Crippen LogP contribution is -2.35. The van der Waals surface area contributed by atoms with E-state index in [1.807, 2.05) is 38.1 Å². The number of amides is 1. The highest BCUT2D eigenvalue weighted by Gasteiger charge is 2.34. The summed E-state index contributed by atoms with van der Waals surface area (Å²) in [6.07, 6.45) is 4.57. The Bertz CT molecular complexity index is 587. The van der Waals surface area contributed by atoms with Crippen LogP contribution in [0.5, 0.6) is 0 Å². The first-order chi connectivity index (χ1) is 9.90. The third kappa shape index (κ3) is 3.53. The van der Waals surface area contributed by atoms with Gasteiger partial charge in [-0.3, -0.25) is 9.59 Å². The molecular weight excluding hydrogens is 334 g/mol. The number of carbonyl (C=O) groups excluding carboxylic acids is 1. The number of nitrogens with one attached hydrogen (secondary N) is 1. The van der Waals surface area contributed by atoms with Gasteiger partial charge in [-0.15, -0.1) is 0 Å². The molecule has 0 radical (unpaired) electrons. The lowest BCUT2D eigenvalue weighted by Gasteiger charge is -2.25. The number of benzene rings is 1. The molecule has 0 aliphatic heterocycles. The lowest BCUT2D eigenvalue weighted by atomic mass is 9.82. The molecule has 0 heterocycles. The van der Waals surface area contributed by atoms with Crippen LogP contribution in [0.15, 0.2) is 28.8 Å². The predicted octanol–water partition coefficient (Wildman–Crippen LogP) is 3.67. The molecule has 0 bridgehead atoms. The molecule has 2 rings (SSSR count). The smallest absolute Gasteiger partial charge is 0.307 e. The van der Waals surface area contributed by atoms with Crippen molar-refractivity contribution in [2.24, 2.45) is 11.8 Å². The molecule has 2 N–H and O–H groups in total. The van der Waals surface area contributed by atoms with E-state index < -0.39 is 17.8 Å². The van der Waals surface area contributed by atoms with Crippen molar-refractivity contribution in [3.8, 4) is 0 Å². The van der Waals surface area contributed by atoms with E-state index in [0.717, 1.165) is 15.6 Å². The van der Waals surface area contributed by atoms with Gasteiger partial charge in [0, 0.05) is 4.47 Å². The quantitative estimate of drug-likeness (QED) is 0.816. The van der Waals surface area contributed by atoms with Gasteiger partial charge in [-0.2, -0.15) is 0 Å². The molecule has 1 aliphatic carbocycles. The Kier molecular flexibility index (Phi) is 4.83. The fourth-order valence-corrected chi connectivity index (χ4v) is 3.44. The molecule has 4 nitrogen and oxygen atoms in total. The lowest BCUT2D eigenvalue weighted by molar-refractivity contribution is -0.146. The predicted molar refractivity (Wildman–Crippen MR) is 85.2 cm³/mol. The number of rotatable bonds is 3. The van der Waals surface area contributed by atoms with Gasteiger partial charge in [0.05, 0.1) is 17.5 Å². The molecule has 1 aliphatic rings. The summed E-state index contributed by atoms with van der Waals surface area (Å²) in [5, 5.41) is 12.1. The van der Waals surface area contributed by atoms with Gasteiger partial charge >= 0.3 is 5.97 Å². The third-order valence-electron chi connectivity index (χ3n) is 3.77. The van der Waals surface area contributed by atoms with Crippen LogP contribution >= 0.6 is 15.9 Å². The summed E-state index contributed by atoms with van der Waals surface area (Å²) in [5.41, 5.74) is 2.76. The molecule has 1 amide bonds. The van der Waals surface area contributed by atoms with E-state index in [1.54, 1.807) is 0 Å². The van der Waals surface area contributed by atoms with E-state index in [2.05, 4.69) is 21.2 Å². The van der Waals surface area contributed by atoms with Gasteiger partial charge in [-0.05, 0) is 59.8 Å². The van der Waals surface area contributed by atoms with Crippen molar-refractivity contribution in [1.82, 2.24) is 0 Å². The minimum absolute atomic E-state index is 0.237. The Labute approximate surface area is 132 Å². The van der Waals surface area contributed by atoms with Crippen LogP contribution in [0.2, 0.25) is 0 Å². The van der Waals surface area contributed by atoms with E-state index in [1.165, 1.54) is 0 Å². The first-order valence-corrected chi connectivity index (χ1v) is 7.65. The van der Waals surface area contributed by atoms with Crippen molar-refractivity contribution in [3.05, 3.63) is 39.9 Å². The summed E-state index contributed by atoms with van der Waals surface area (Å²) in [4.78, 5) is 23.7. The van der Waals surface area contributed by atoms with Crippen LogP contribution in [0.1, 0.15) is 24.0 Å². The molecule has 1 aromatic rings. The molecule has 5 heteroatoms. The fourth-order valence-electron chi connectivity index (χ4n) is 2.67. The topological polar surface area (TPSA) is 66.4 Å². The van der Waals surface area contributed by atoms with Crippen LogP contribution in [0, 0.1) is 25.7 Å². The van der Waals surface area contributed by atoms with Crippen LogP contribution in [0.4, 0.5) is 5.69 Å². The number of aryl methyl sites for hydroxylation is 2. The van der Waals surface area contributed by atoms with E-state index in [-0.39, 0.29) is 5.91 Å². The molecule has 21 heavy (non-hydrogen) atoms. The second kappa shape index (κ2) is 6.43. The molecular formula is C16H18BrNO3. The zero-order valence-electron chi connectivity index (χ0n) is 12.0. The van der Waals surface area contributed by atoms with Crippen molar-refractivity contribution < 1.29 is 14.7 Å². The van der Waals surface area contributed by atoms with E-state index in [4.69, 9.17) is 0 Å². The van der Waals surface area contributed by atoms with Gasteiger partial charge in [0.15, 0.2) is 0 Å². The summed E-state index contributed by atoms with van der Waals surface area (Å²) in [7, 11) is 0. The zero-order valence-corrected chi connectivity index (χ0v) is 13.6. The molecule has 0 saturated heterocycles. The second-order valence-electron chi connectivity index (χ2n) is 5.42. The van der Waals surface area contributed by atoms with Crippen LogP contribution in [-0.4, -0.2) is 17.0 Å². The molecule has 2 unspecified atom stereocenters. The Hall–Kier alpha value is -1.62. The molecule has 112 valence electrons. The summed E-state index contributed by atoms with van der Waals surface area (Å²) in [6.45, 7) is 3.90. The average molecular weight is 352 g/mol. The highest BCUT2D eigenvalue weighted by atomic mass is 79.9. The van der Waals surface area contributed by atoms with Crippen molar-refractivity contribution in [3.63, 3.8) is 0 Å². The highest BCUT2D eigenvalue weighted by Crippen LogP contribution is 2.31. The van der Waals surface area contributed by atoms with Crippen LogP contribution in [-0.2, 0) is 9.59 Å². The summed E-state index contributed by atoms with van der Waals surface area (Å²) >= 11 is 3.45. The maximum atomic E-state index is 12.4. The van der Waals surface area contributed by atoms with Crippen molar-refractivity contribution in [1.29, 1.82) is 0 Å². The van der Waals surface area contributed by atoms with Crippen LogP contribution in [0.25, 0.3) is 0 Å². The molecule has 0 fully saturated rings. The van der Waals surface area contributed by atoms with Gasteiger partial charge in [-0.25, -0.2) is 0 Å². The maximum absolute atomic E-state index is 12.4. The minimum Gasteiger partial charge on any atom is -0.481 e. The normalized spacial score (nSPS) is 21.1. The number of carboxylic acids is 1. The standard InChI is InChI=1S/C16H18BrNO3/c1-9-7-10(2)14(13(17)8-9)18-15(19)11-5-3-4-6-12(11)16(20)21/h3-4,7-8,11-12H,5-6H2,1-2H3,(H,18,19)(H,20,21). The highest BCUT2D eigenvalue weighted by molar-refractivity contribution is 9.10. The van der Waals surface area contributed by atoms with Crippen molar-refractivity contribution in [2.75, 3.05) is 5.32 Å². The fraction of sp³-hybridized carbons (Fsp3) is 0.375. The van der Waals surface area contributed by atoms with Gasteiger partial charge in [0.25, 0.3) is 0 Å². The second-order valence-corrected chi connectivity index (χ2v) is 6.28. The first kappa shape index (κ1) is 15.8. The summed E-state index contributed by atoms with van der Waals surface area (Å²) in [6, 6.07) is 3.91. The van der Waals surface area contributed by atoms with Crippen molar-refractivity contribution >= 4 is 33.5 Å². The molecule has 1 aromatic carbocycles. The van der Waals surface area contributed by atoms with Crippen LogP contribution in [0.3, 0.4) is 0 Å². The number of carboxylic acid groups (broad SMARTS) is 1. The number of halogens is 1. The average Bonchev–Trinajstić information content (AvgIpc) is 2.42. The first-order valence-electron chi connectivity index (χ1n) is 6.85. The van der Waals surface area contributed by atoms with Gasteiger partial charge in [0.2, 0.25) is 5.91 Å². The number of carbonyl (C=O) groups is 2. The van der Waals surface area contributed by atoms with Gasteiger partial charge < -0.3 is 10.4 Å². The Balaban J connectivity index is 2.21. The van der Waals surface area contributed by atoms with Gasteiger partial charge in [-0.1, -0.05) is 18.2 Å². The SMILES string of the molecule is Cc1cc(C)c(NC(=O)C2CC=CCC2C(=O)O)c(Br)c1. The Morgan fingerprint density at radius 2 is 1.81 bits per heavy atom. The van der Waals surface area contributed by atoms with E-state index in [0.29, 0.717) is 18.5 Å². The Morgan fingerprint density at radius 3 is 2.38 bits per heavy atom. The molecule has 2 atom stereocenters. The number of anilines is 1. The summed E-state index contributed by atoms with van der Waals surface area (Å²) in [5.74, 6) is -2.33. The number of allylic oxidation sites excluding steroid dienone is 2. The molecule has 0 spiro atoms. The largest absolute Gasteiger partial charge is 0.481 e. The van der Waals surface area contributed by atoms with Crippen LogP contribution < -0.4 is 5.32 Å². The van der Waals surface area contributed by atoms with E-state index >= 15 is 0 Å². The zero-order chi connectivity index (χ0) is 15.6. The third-order valence-corrected chi connectivity index (χ3v) is 4.39. The van der Waals surface area contributed by atoms with Gasteiger partial charge in [0.1, 0.15) is 0 Å². The summed E-state index contributed by atoms with van der Waals surface area (Å²) < 4.78 is 0.812. The maximum Gasteiger partial charge on any atom is 0.307 e. The minimum atomic E-state index is -0.917. The monoisotopic (exact) mass is 351 g/mol. The molecule has 0 saturated carbocycles. The number of aliphatic carboxylic acids is 1. The Morgan fingerprint density at radius 1 is 1.19 bits per heavy atom. The number of hydrogen-bond donors (Lipinski definition) is 2.